The minimum Gasteiger partial charge on any atom is -0.496 e. The first-order chi connectivity index (χ1) is 12.2. The Bertz CT molecular complexity index is 589. The molecule has 0 radical (unpaired) electrons. The maximum Gasteiger partial charge on any atom is 0.123 e. The van der Waals surface area contributed by atoms with Crippen LogP contribution >= 0.6 is 0 Å². The van der Waals surface area contributed by atoms with Crippen molar-refractivity contribution in [1.29, 1.82) is 0 Å². The highest BCUT2D eigenvalue weighted by Crippen LogP contribution is 2.45. The summed E-state index contributed by atoms with van der Waals surface area (Å²) in [6.45, 7) is 8.09. The number of rotatable bonds is 7. The number of nitrogens with zero attached hydrogens (tertiary/aromatic N) is 2. The third-order valence-electron chi connectivity index (χ3n) is 6.52. The Morgan fingerprint density at radius 3 is 2.68 bits per heavy atom. The normalized spacial score (nSPS) is 30.4. The summed E-state index contributed by atoms with van der Waals surface area (Å²) in [5, 5.41) is 0. The molecule has 1 aliphatic carbocycles. The van der Waals surface area contributed by atoms with Gasteiger partial charge in [-0.15, -0.1) is 0 Å². The smallest absolute Gasteiger partial charge is 0.123 e. The van der Waals surface area contributed by atoms with E-state index in [1.807, 2.05) is 7.11 Å². The first-order valence-corrected chi connectivity index (χ1v) is 9.78. The van der Waals surface area contributed by atoms with Gasteiger partial charge in [-0.1, -0.05) is 18.2 Å². The molecule has 2 aliphatic heterocycles. The van der Waals surface area contributed by atoms with Crippen LogP contribution in [0.3, 0.4) is 0 Å². The molecule has 3 fully saturated rings. The van der Waals surface area contributed by atoms with E-state index in [0.717, 1.165) is 24.8 Å². The van der Waals surface area contributed by atoms with Crippen LogP contribution in [-0.4, -0.2) is 63.4 Å². The van der Waals surface area contributed by atoms with Crippen molar-refractivity contribution in [3.63, 3.8) is 0 Å². The zero-order chi connectivity index (χ0) is 17.3. The molecule has 3 aliphatic rings. The van der Waals surface area contributed by atoms with E-state index in [2.05, 4.69) is 34.1 Å². The average Bonchev–Trinajstić information content (AvgIpc) is 3.25. The van der Waals surface area contributed by atoms with Crippen LogP contribution in [-0.2, 0) is 11.3 Å². The highest BCUT2D eigenvalue weighted by molar-refractivity contribution is 5.33. The van der Waals surface area contributed by atoms with E-state index < -0.39 is 0 Å². The molecule has 0 N–H and O–H groups in total. The van der Waals surface area contributed by atoms with E-state index >= 15 is 0 Å². The quantitative estimate of drug-likeness (QED) is 0.759. The number of hydrogen-bond acceptors (Lipinski definition) is 4. The van der Waals surface area contributed by atoms with Crippen molar-refractivity contribution in [3.05, 3.63) is 29.8 Å². The average molecular weight is 344 g/mol. The lowest BCUT2D eigenvalue weighted by Gasteiger charge is -2.30. The van der Waals surface area contributed by atoms with E-state index in [0.29, 0.717) is 11.3 Å². The first-order valence-electron chi connectivity index (χ1n) is 9.78. The van der Waals surface area contributed by atoms with Gasteiger partial charge in [-0.25, -0.2) is 0 Å². The highest BCUT2D eigenvalue weighted by Gasteiger charge is 2.50. The molecule has 0 unspecified atom stereocenters. The van der Waals surface area contributed by atoms with Crippen molar-refractivity contribution < 1.29 is 9.47 Å². The molecule has 0 amide bonds. The minimum atomic E-state index is 0.424. The second-order valence-corrected chi connectivity index (χ2v) is 8.42. The maximum atomic E-state index is 5.61. The monoisotopic (exact) mass is 344 g/mol. The van der Waals surface area contributed by atoms with Gasteiger partial charge in [-0.05, 0) is 37.8 Å². The minimum absolute atomic E-state index is 0.424. The molecule has 1 aromatic rings. The van der Waals surface area contributed by atoms with E-state index in [1.54, 1.807) is 7.11 Å². The van der Waals surface area contributed by atoms with Gasteiger partial charge < -0.3 is 14.4 Å². The molecule has 2 heterocycles. The Balaban J connectivity index is 1.43. The Hall–Kier alpha value is -1.10. The standard InChI is InChI=1S/C21H32N2O2/c1-24-14-19-13-23(11-17-7-8-17)16-21(19)9-10-22(15-21)12-18-5-3-4-6-20(18)25-2/h3-6,17,19H,7-16H2,1-2H3/t19-,21-/m1/s1. The zero-order valence-electron chi connectivity index (χ0n) is 15.7. The van der Waals surface area contributed by atoms with Crippen LogP contribution in [0, 0.1) is 17.3 Å². The molecule has 1 saturated carbocycles. The third kappa shape index (κ3) is 3.71. The predicted octanol–water partition coefficient (Wildman–Crippen LogP) is 2.88. The van der Waals surface area contributed by atoms with Gasteiger partial charge >= 0.3 is 0 Å². The van der Waals surface area contributed by atoms with Gasteiger partial charge in [0.15, 0.2) is 0 Å². The van der Waals surface area contributed by atoms with Gasteiger partial charge in [0.05, 0.1) is 13.7 Å². The molecule has 4 heteroatoms. The second kappa shape index (κ2) is 7.26. The van der Waals surface area contributed by atoms with Crippen molar-refractivity contribution in [2.24, 2.45) is 17.3 Å². The van der Waals surface area contributed by atoms with Gasteiger partial charge in [0, 0.05) is 56.7 Å². The number of likely N-dealkylation sites (tertiary alicyclic amines) is 2. The molecule has 4 nitrogen and oxygen atoms in total. The van der Waals surface area contributed by atoms with Crippen molar-refractivity contribution >= 4 is 0 Å². The van der Waals surface area contributed by atoms with E-state index in [1.165, 1.54) is 57.5 Å². The lowest BCUT2D eigenvalue weighted by molar-refractivity contribution is 0.0958. The van der Waals surface area contributed by atoms with Gasteiger partial charge in [-0.2, -0.15) is 0 Å². The molecule has 0 aromatic heterocycles. The SMILES string of the molecule is COC[C@H]1CN(CC2CC2)C[C@]12CCN(Cc1ccccc1OC)C2. The molecule has 0 bridgehead atoms. The number of ether oxygens (including phenoxy) is 2. The molecule has 1 aromatic carbocycles. The molecule has 2 atom stereocenters. The Kier molecular flexibility index (Phi) is 5.03. The third-order valence-corrected chi connectivity index (χ3v) is 6.52. The number of methoxy groups -OCH3 is 2. The van der Waals surface area contributed by atoms with Crippen molar-refractivity contribution in [2.75, 3.05) is 53.6 Å². The van der Waals surface area contributed by atoms with Gasteiger partial charge in [0.25, 0.3) is 0 Å². The zero-order valence-corrected chi connectivity index (χ0v) is 15.7. The number of para-hydroxylation sites is 1. The fourth-order valence-corrected chi connectivity index (χ4v) is 5.04. The van der Waals surface area contributed by atoms with Crippen LogP contribution in [0.15, 0.2) is 24.3 Å². The Labute approximate surface area is 152 Å². The van der Waals surface area contributed by atoms with Crippen molar-refractivity contribution in [3.8, 4) is 5.75 Å². The van der Waals surface area contributed by atoms with Crippen LogP contribution in [0.2, 0.25) is 0 Å². The highest BCUT2D eigenvalue weighted by atomic mass is 16.5. The Morgan fingerprint density at radius 2 is 1.92 bits per heavy atom. The van der Waals surface area contributed by atoms with Crippen molar-refractivity contribution in [2.45, 2.75) is 25.8 Å². The van der Waals surface area contributed by atoms with Gasteiger partial charge in [0.2, 0.25) is 0 Å². The fraction of sp³-hybridized carbons (Fsp3) is 0.714. The van der Waals surface area contributed by atoms with E-state index in [4.69, 9.17) is 9.47 Å². The molecule has 138 valence electrons. The molecular weight excluding hydrogens is 312 g/mol. The predicted molar refractivity (Wildman–Crippen MR) is 99.9 cm³/mol. The van der Waals surface area contributed by atoms with E-state index in [-0.39, 0.29) is 0 Å². The molecule has 25 heavy (non-hydrogen) atoms. The largest absolute Gasteiger partial charge is 0.496 e. The van der Waals surface area contributed by atoms with E-state index in [9.17, 15) is 0 Å². The number of hydrogen-bond donors (Lipinski definition) is 0. The van der Waals surface area contributed by atoms with Crippen LogP contribution in [0.25, 0.3) is 0 Å². The summed E-state index contributed by atoms with van der Waals surface area (Å²) in [4.78, 5) is 5.36. The lowest BCUT2D eigenvalue weighted by atomic mass is 9.77. The van der Waals surface area contributed by atoms with Crippen LogP contribution in [0.1, 0.15) is 24.8 Å². The number of benzene rings is 1. The second-order valence-electron chi connectivity index (χ2n) is 8.42. The molecule has 1 spiro atoms. The van der Waals surface area contributed by atoms with Crippen molar-refractivity contribution in [1.82, 2.24) is 9.80 Å². The molecule has 4 rings (SSSR count). The molecule has 2 saturated heterocycles. The lowest BCUT2D eigenvalue weighted by Crippen LogP contribution is -2.36. The summed E-state index contributed by atoms with van der Waals surface area (Å²) >= 11 is 0. The fourth-order valence-electron chi connectivity index (χ4n) is 5.04. The van der Waals surface area contributed by atoms with Gasteiger partial charge in [0.1, 0.15) is 5.75 Å². The summed E-state index contributed by atoms with van der Waals surface area (Å²) in [5.74, 6) is 2.67. The first kappa shape index (κ1) is 17.3. The van der Waals surface area contributed by atoms with Crippen LogP contribution < -0.4 is 4.74 Å². The summed E-state index contributed by atoms with van der Waals surface area (Å²) in [6.07, 6.45) is 4.19. The Morgan fingerprint density at radius 1 is 1.12 bits per heavy atom. The molecular formula is C21H32N2O2. The summed E-state index contributed by atoms with van der Waals surface area (Å²) in [6, 6.07) is 8.44. The van der Waals surface area contributed by atoms with Crippen LogP contribution in [0.5, 0.6) is 5.75 Å². The summed E-state index contributed by atoms with van der Waals surface area (Å²) in [5.41, 5.74) is 1.73. The summed E-state index contributed by atoms with van der Waals surface area (Å²) in [7, 11) is 3.63. The maximum absolute atomic E-state index is 5.61. The topological polar surface area (TPSA) is 24.9 Å². The van der Waals surface area contributed by atoms with Gasteiger partial charge in [-0.3, -0.25) is 4.90 Å². The van der Waals surface area contributed by atoms with Crippen LogP contribution in [0.4, 0.5) is 0 Å². The summed E-state index contributed by atoms with van der Waals surface area (Å²) < 4.78 is 11.2.